The first kappa shape index (κ1) is 10.5. The summed E-state index contributed by atoms with van der Waals surface area (Å²) in [5.41, 5.74) is 1.72. The Hall–Kier alpha value is -1.01. The van der Waals surface area contributed by atoms with E-state index < -0.39 is 0 Å². The van der Waals surface area contributed by atoms with E-state index in [1.165, 1.54) is 16.2 Å². The van der Waals surface area contributed by atoms with Crippen LogP contribution in [0.3, 0.4) is 0 Å². The van der Waals surface area contributed by atoms with Gasteiger partial charge in [0.2, 0.25) is 5.13 Å². The Morgan fingerprint density at radius 2 is 2.40 bits per heavy atom. The van der Waals surface area contributed by atoms with Gasteiger partial charge in [-0.1, -0.05) is 18.3 Å². The van der Waals surface area contributed by atoms with Crippen LogP contribution in [0.25, 0.3) is 0 Å². The minimum Gasteiger partial charge on any atom is -0.351 e. The van der Waals surface area contributed by atoms with Gasteiger partial charge in [0.1, 0.15) is 10.5 Å². The number of hydrogen-bond acceptors (Lipinski definition) is 6. The lowest BCUT2D eigenvalue weighted by Gasteiger charge is -2.08. The van der Waals surface area contributed by atoms with Crippen molar-refractivity contribution in [3.63, 3.8) is 0 Å². The van der Waals surface area contributed by atoms with Gasteiger partial charge in [-0.15, -0.1) is 21.5 Å². The molecule has 0 aromatic carbocycles. The van der Waals surface area contributed by atoms with Crippen LogP contribution in [-0.4, -0.2) is 15.2 Å². The van der Waals surface area contributed by atoms with E-state index in [4.69, 9.17) is 0 Å². The second-order valence-electron chi connectivity index (χ2n) is 3.13. The van der Waals surface area contributed by atoms with E-state index in [2.05, 4.69) is 34.3 Å². The van der Waals surface area contributed by atoms with Crippen molar-refractivity contribution in [3.05, 3.63) is 21.6 Å². The van der Waals surface area contributed by atoms with Crippen molar-refractivity contribution in [1.82, 2.24) is 15.2 Å². The normalized spacial score (nSPS) is 12.7. The molecule has 80 valence electrons. The van der Waals surface area contributed by atoms with Gasteiger partial charge in [-0.25, -0.2) is 4.98 Å². The summed E-state index contributed by atoms with van der Waals surface area (Å²) in [7, 11) is 0. The van der Waals surface area contributed by atoms with Crippen molar-refractivity contribution >= 4 is 27.8 Å². The molecule has 0 saturated carbocycles. The zero-order valence-corrected chi connectivity index (χ0v) is 10.2. The molecule has 1 unspecified atom stereocenters. The third-order valence-corrected chi connectivity index (χ3v) is 3.94. The molecular formula is C9H12N4S2. The van der Waals surface area contributed by atoms with Crippen LogP contribution in [0.15, 0.2) is 11.7 Å². The van der Waals surface area contributed by atoms with Gasteiger partial charge < -0.3 is 5.32 Å². The van der Waals surface area contributed by atoms with Gasteiger partial charge in [0.25, 0.3) is 0 Å². The second kappa shape index (κ2) is 4.67. The summed E-state index contributed by atoms with van der Waals surface area (Å²) in [5.74, 6) is 0. The van der Waals surface area contributed by atoms with Crippen molar-refractivity contribution in [2.45, 2.75) is 26.3 Å². The molecule has 0 saturated heterocycles. The van der Waals surface area contributed by atoms with E-state index in [0.29, 0.717) is 0 Å². The summed E-state index contributed by atoms with van der Waals surface area (Å²) >= 11 is 3.25. The number of aromatic nitrogens is 3. The SMILES string of the molecule is CCc1cnc(C(C)Nc2nncs2)s1. The van der Waals surface area contributed by atoms with Crippen molar-refractivity contribution in [2.75, 3.05) is 5.32 Å². The average Bonchev–Trinajstić information content (AvgIpc) is 2.86. The lowest BCUT2D eigenvalue weighted by Crippen LogP contribution is -2.05. The fourth-order valence-electron chi connectivity index (χ4n) is 1.17. The quantitative estimate of drug-likeness (QED) is 0.892. The number of anilines is 1. The fraction of sp³-hybridized carbons (Fsp3) is 0.444. The number of thiazole rings is 1. The Balaban J connectivity index is 2.04. The summed E-state index contributed by atoms with van der Waals surface area (Å²) in [4.78, 5) is 5.70. The van der Waals surface area contributed by atoms with Crippen molar-refractivity contribution in [3.8, 4) is 0 Å². The second-order valence-corrected chi connectivity index (χ2v) is 5.11. The molecule has 0 aliphatic heterocycles. The number of aryl methyl sites for hydroxylation is 1. The highest BCUT2D eigenvalue weighted by Gasteiger charge is 2.10. The maximum Gasteiger partial charge on any atom is 0.205 e. The molecule has 0 aliphatic rings. The molecular weight excluding hydrogens is 228 g/mol. The first-order valence-electron chi connectivity index (χ1n) is 4.77. The van der Waals surface area contributed by atoms with Gasteiger partial charge in [-0.05, 0) is 13.3 Å². The van der Waals surface area contributed by atoms with E-state index in [9.17, 15) is 0 Å². The molecule has 2 aromatic heterocycles. The lowest BCUT2D eigenvalue weighted by atomic mass is 10.4. The Bertz CT molecular complexity index is 409. The summed E-state index contributed by atoms with van der Waals surface area (Å²) in [6, 6.07) is 0.197. The maximum atomic E-state index is 4.38. The molecule has 15 heavy (non-hydrogen) atoms. The summed E-state index contributed by atoms with van der Waals surface area (Å²) in [6.07, 6.45) is 2.99. The highest BCUT2D eigenvalue weighted by atomic mass is 32.1. The molecule has 4 nitrogen and oxygen atoms in total. The number of nitrogens with zero attached hydrogens (tertiary/aromatic N) is 3. The van der Waals surface area contributed by atoms with Crippen LogP contribution in [0.1, 0.15) is 29.8 Å². The molecule has 0 spiro atoms. The standard InChI is InChI=1S/C9H12N4S2/c1-3-7-4-10-8(15-7)6(2)12-9-13-11-5-14-9/h4-6H,3H2,1-2H3,(H,12,13). The van der Waals surface area contributed by atoms with E-state index in [-0.39, 0.29) is 6.04 Å². The molecule has 0 radical (unpaired) electrons. The Morgan fingerprint density at radius 1 is 1.53 bits per heavy atom. The van der Waals surface area contributed by atoms with E-state index in [1.54, 1.807) is 16.8 Å². The van der Waals surface area contributed by atoms with Crippen LogP contribution in [0.2, 0.25) is 0 Å². The predicted octanol–water partition coefficient (Wildman–Crippen LogP) is 2.73. The minimum atomic E-state index is 0.197. The molecule has 0 aliphatic carbocycles. The smallest absolute Gasteiger partial charge is 0.205 e. The topological polar surface area (TPSA) is 50.7 Å². The predicted molar refractivity (Wildman–Crippen MR) is 63.4 cm³/mol. The number of nitrogens with one attached hydrogen (secondary N) is 1. The van der Waals surface area contributed by atoms with Gasteiger partial charge >= 0.3 is 0 Å². The number of hydrogen-bond donors (Lipinski definition) is 1. The Labute approximate surface area is 96.4 Å². The van der Waals surface area contributed by atoms with Crippen molar-refractivity contribution in [2.24, 2.45) is 0 Å². The molecule has 0 bridgehead atoms. The summed E-state index contributed by atoms with van der Waals surface area (Å²) in [6.45, 7) is 4.22. The highest BCUT2D eigenvalue weighted by Crippen LogP contribution is 2.24. The van der Waals surface area contributed by atoms with Gasteiger partial charge in [0.05, 0.1) is 6.04 Å². The summed E-state index contributed by atoms with van der Waals surface area (Å²) in [5, 5.41) is 12.9. The molecule has 2 heterocycles. The lowest BCUT2D eigenvalue weighted by molar-refractivity contribution is 0.860. The molecule has 2 rings (SSSR count). The third kappa shape index (κ3) is 2.51. The fourth-order valence-corrected chi connectivity index (χ4v) is 2.56. The van der Waals surface area contributed by atoms with E-state index in [1.807, 2.05) is 6.20 Å². The molecule has 2 aromatic rings. The van der Waals surface area contributed by atoms with Crippen LogP contribution in [-0.2, 0) is 6.42 Å². The van der Waals surface area contributed by atoms with E-state index >= 15 is 0 Å². The van der Waals surface area contributed by atoms with Crippen LogP contribution in [0, 0.1) is 0 Å². The molecule has 0 amide bonds. The zero-order chi connectivity index (χ0) is 10.7. The van der Waals surface area contributed by atoms with E-state index in [0.717, 1.165) is 16.6 Å². The van der Waals surface area contributed by atoms with Gasteiger partial charge in [0, 0.05) is 11.1 Å². The van der Waals surface area contributed by atoms with Crippen LogP contribution in [0.5, 0.6) is 0 Å². The first-order chi connectivity index (χ1) is 7.29. The number of rotatable bonds is 4. The third-order valence-electron chi connectivity index (χ3n) is 1.99. The average molecular weight is 240 g/mol. The van der Waals surface area contributed by atoms with Gasteiger partial charge in [-0.2, -0.15) is 0 Å². The molecule has 0 fully saturated rings. The van der Waals surface area contributed by atoms with Crippen LogP contribution in [0.4, 0.5) is 5.13 Å². The Morgan fingerprint density at radius 3 is 3.00 bits per heavy atom. The van der Waals surface area contributed by atoms with Crippen LogP contribution < -0.4 is 5.32 Å². The first-order valence-corrected chi connectivity index (χ1v) is 6.46. The van der Waals surface area contributed by atoms with Crippen molar-refractivity contribution in [1.29, 1.82) is 0 Å². The van der Waals surface area contributed by atoms with Crippen molar-refractivity contribution < 1.29 is 0 Å². The largest absolute Gasteiger partial charge is 0.351 e. The van der Waals surface area contributed by atoms with Gasteiger partial charge in [0.15, 0.2) is 0 Å². The van der Waals surface area contributed by atoms with Crippen LogP contribution >= 0.6 is 22.7 Å². The molecule has 6 heteroatoms. The monoisotopic (exact) mass is 240 g/mol. The zero-order valence-electron chi connectivity index (χ0n) is 8.60. The van der Waals surface area contributed by atoms with Gasteiger partial charge in [-0.3, -0.25) is 0 Å². The Kier molecular flexibility index (Phi) is 3.27. The summed E-state index contributed by atoms with van der Waals surface area (Å²) < 4.78 is 0. The minimum absolute atomic E-state index is 0.197. The highest BCUT2D eigenvalue weighted by molar-refractivity contribution is 7.13. The maximum absolute atomic E-state index is 4.38. The molecule has 1 N–H and O–H groups in total. The molecule has 1 atom stereocenters.